The van der Waals surface area contributed by atoms with Gasteiger partial charge in [-0.1, -0.05) is 58.4 Å². The summed E-state index contributed by atoms with van der Waals surface area (Å²) in [5.41, 5.74) is 6.62. The smallest absolute Gasteiger partial charge is 0.251 e. The van der Waals surface area contributed by atoms with Crippen molar-refractivity contribution >= 4 is 21.8 Å². The number of nitrogens with one attached hydrogen (secondary N) is 1. The molecule has 4 heteroatoms. The van der Waals surface area contributed by atoms with Gasteiger partial charge < -0.3 is 5.32 Å². The van der Waals surface area contributed by atoms with Crippen molar-refractivity contribution in [3.8, 4) is 11.1 Å². The van der Waals surface area contributed by atoms with Crippen molar-refractivity contribution in [2.45, 2.75) is 38.1 Å². The fourth-order valence-corrected chi connectivity index (χ4v) is 4.27. The Kier molecular flexibility index (Phi) is 6.05. The second kappa shape index (κ2) is 8.73. The van der Waals surface area contributed by atoms with Crippen molar-refractivity contribution in [2.24, 2.45) is 5.92 Å². The number of carbonyl (C=O) groups excluding carboxylic acids is 1. The molecule has 3 aromatic rings. The first kappa shape index (κ1) is 20.8. The molecule has 1 unspecified atom stereocenters. The van der Waals surface area contributed by atoms with E-state index < -0.39 is 0 Å². The molecular formula is C26H25BrFNO. The molecule has 1 aliphatic carbocycles. The van der Waals surface area contributed by atoms with Gasteiger partial charge in [-0.15, -0.1) is 0 Å². The Bertz CT molecular complexity index is 1090. The molecule has 4 rings (SSSR count). The zero-order chi connectivity index (χ0) is 21.3. The summed E-state index contributed by atoms with van der Waals surface area (Å²) in [6.45, 7) is 3.84. The monoisotopic (exact) mass is 465 g/mol. The summed E-state index contributed by atoms with van der Waals surface area (Å²) in [6.07, 6.45) is 2.16. The van der Waals surface area contributed by atoms with Crippen LogP contribution in [0.1, 0.15) is 51.5 Å². The Morgan fingerprint density at radius 1 is 1.07 bits per heavy atom. The number of hydrogen-bond donors (Lipinski definition) is 1. The fraction of sp³-hybridized carbons (Fsp3) is 0.269. The molecule has 1 amide bonds. The normalized spacial score (nSPS) is 14.4. The molecule has 3 aromatic carbocycles. The van der Waals surface area contributed by atoms with Crippen LogP contribution in [0.25, 0.3) is 11.1 Å². The van der Waals surface area contributed by atoms with Gasteiger partial charge in [-0.25, -0.2) is 4.39 Å². The van der Waals surface area contributed by atoms with Crippen molar-refractivity contribution in [3.05, 3.63) is 94.3 Å². The van der Waals surface area contributed by atoms with E-state index in [2.05, 4.69) is 46.4 Å². The lowest BCUT2D eigenvalue weighted by Crippen LogP contribution is -2.30. The number of benzene rings is 3. The number of halogens is 2. The standard InChI is InChI=1S/C26H25BrFNO/c1-16-5-3-4-6-23(16)21-12-18(15-27)13-22(14-21)26(30)29-25(19-7-8-19)20-9-10-24(28)17(2)11-20/h3-6,9-14,19,25H,7-8,15H2,1-2H3,(H,29,30). The molecule has 1 atom stereocenters. The predicted molar refractivity (Wildman–Crippen MR) is 123 cm³/mol. The van der Waals surface area contributed by atoms with Gasteiger partial charge in [-0.3, -0.25) is 4.79 Å². The largest absolute Gasteiger partial charge is 0.345 e. The van der Waals surface area contributed by atoms with Crippen LogP contribution in [0.4, 0.5) is 4.39 Å². The molecule has 30 heavy (non-hydrogen) atoms. The number of alkyl halides is 1. The van der Waals surface area contributed by atoms with Crippen LogP contribution in [0.5, 0.6) is 0 Å². The van der Waals surface area contributed by atoms with Crippen molar-refractivity contribution in [1.82, 2.24) is 5.32 Å². The van der Waals surface area contributed by atoms with Crippen LogP contribution in [-0.2, 0) is 5.33 Å². The van der Waals surface area contributed by atoms with Gasteiger partial charge in [0.25, 0.3) is 5.91 Å². The minimum absolute atomic E-state index is 0.0912. The highest BCUT2D eigenvalue weighted by atomic mass is 79.9. The van der Waals surface area contributed by atoms with E-state index in [1.165, 1.54) is 11.6 Å². The number of amides is 1. The first-order valence-electron chi connectivity index (χ1n) is 10.3. The molecule has 154 valence electrons. The quantitative estimate of drug-likeness (QED) is 0.394. The van der Waals surface area contributed by atoms with Gasteiger partial charge in [0.15, 0.2) is 0 Å². The van der Waals surface area contributed by atoms with Crippen LogP contribution in [0.2, 0.25) is 0 Å². The van der Waals surface area contributed by atoms with Crippen LogP contribution >= 0.6 is 15.9 Å². The Hall–Kier alpha value is -2.46. The zero-order valence-corrected chi connectivity index (χ0v) is 18.8. The van der Waals surface area contributed by atoms with Crippen LogP contribution < -0.4 is 5.32 Å². The van der Waals surface area contributed by atoms with Crippen molar-refractivity contribution < 1.29 is 9.18 Å². The summed E-state index contributed by atoms with van der Waals surface area (Å²) in [4.78, 5) is 13.2. The highest BCUT2D eigenvalue weighted by Crippen LogP contribution is 2.41. The van der Waals surface area contributed by atoms with E-state index in [1.807, 2.05) is 30.3 Å². The molecule has 0 aromatic heterocycles. The second-order valence-corrected chi connectivity index (χ2v) is 8.73. The molecule has 0 radical (unpaired) electrons. The molecule has 0 saturated heterocycles. The van der Waals surface area contributed by atoms with Crippen molar-refractivity contribution in [2.75, 3.05) is 0 Å². The van der Waals surface area contributed by atoms with Crippen LogP contribution in [0, 0.1) is 25.6 Å². The molecule has 1 N–H and O–H groups in total. The lowest BCUT2D eigenvalue weighted by atomic mass is 9.96. The number of aryl methyl sites for hydroxylation is 2. The maximum absolute atomic E-state index is 13.7. The lowest BCUT2D eigenvalue weighted by Gasteiger charge is -2.20. The van der Waals surface area contributed by atoms with E-state index in [-0.39, 0.29) is 17.8 Å². The summed E-state index contributed by atoms with van der Waals surface area (Å²) >= 11 is 3.53. The highest BCUT2D eigenvalue weighted by molar-refractivity contribution is 9.08. The summed E-state index contributed by atoms with van der Waals surface area (Å²) in [5.74, 6) is 0.105. The van der Waals surface area contributed by atoms with E-state index in [9.17, 15) is 9.18 Å². The van der Waals surface area contributed by atoms with Crippen molar-refractivity contribution in [1.29, 1.82) is 0 Å². The Balaban J connectivity index is 1.65. The van der Waals surface area contributed by atoms with E-state index in [1.54, 1.807) is 13.0 Å². The Morgan fingerprint density at radius 3 is 2.50 bits per heavy atom. The average molecular weight is 466 g/mol. The summed E-state index contributed by atoms with van der Waals surface area (Å²) in [7, 11) is 0. The van der Waals surface area contributed by atoms with Gasteiger partial charge in [-0.05, 0) is 84.2 Å². The van der Waals surface area contributed by atoms with Crippen LogP contribution in [0.15, 0.2) is 60.7 Å². The van der Waals surface area contributed by atoms with E-state index >= 15 is 0 Å². The average Bonchev–Trinajstić information content (AvgIpc) is 3.59. The Labute approximate surface area is 185 Å². The number of carbonyl (C=O) groups is 1. The summed E-state index contributed by atoms with van der Waals surface area (Å²) < 4.78 is 13.7. The second-order valence-electron chi connectivity index (χ2n) is 8.16. The van der Waals surface area contributed by atoms with Gasteiger partial charge in [0.2, 0.25) is 0 Å². The fourth-order valence-electron chi connectivity index (χ4n) is 3.94. The molecule has 1 saturated carbocycles. The zero-order valence-electron chi connectivity index (χ0n) is 17.2. The molecule has 0 spiro atoms. The van der Waals surface area contributed by atoms with E-state index in [0.717, 1.165) is 35.1 Å². The number of rotatable bonds is 6. The molecule has 1 aliphatic rings. The predicted octanol–water partition coefficient (Wildman–Crippen LogP) is 6.89. The van der Waals surface area contributed by atoms with Crippen LogP contribution in [-0.4, -0.2) is 5.91 Å². The third kappa shape index (κ3) is 4.49. The molecular weight excluding hydrogens is 441 g/mol. The minimum Gasteiger partial charge on any atom is -0.345 e. The van der Waals surface area contributed by atoms with Gasteiger partial charge in [-0.2, -0.15) is 0 Å². The third-order valence-electron chi connectivity index (χ3n) is 5.79. The van der Waals surface area contributed by atoms with Gasteiger partial charge in [0, 0.05) is 10.9 Å². The molecule has 1 fully saturated rings. The summed E-state index contributed by atoms with van der Waals surface area (Å²) in [5, 5.41) is 3.90. The van der Waals surface area contributed by atoms with Crippen LogP contribution in [0.3, 0.4) is 0 Å². The lowest BCUT2D eigenvalue weighted by molar-refractivity contribution is 0.0931. The maximum atomic E-state index is 13.7. The topological polar surface area (TPSA) is 29.1 Å². The Morgan fingerprint density at radius 2 is 1.83 bits per heavy atom. The minimum atomic E-state index is -0.215. The highest BCUT2D eigenvalue weighted by Gasteiger charge is 2.34. The third-order valence-corrected chi connectivity index (χ3v) is 6.43. The van der Waals surface area contributed by atoms with Crippen molar-refractivity contribution in [3.63, 3.8) is 0 Å². The maximum Gasteiger partial charge on any atom is 0.251 e. The first-order valence-corrected chi connectivity index (χ1v) is 11.4. The van der Waals surface area contributed by atoms with Gasteiger partial charge in [0.05, 0.1) is 6.04 Å². The molecule has 0 aliphatic heterocycles. The molecule has 2 nitrogen and oxygen atoms in total. The molecule has 0 heterocycles. The molecule has 0 bridgehead atoms. The van der Waals surface area contributed by atoms with E-state index in [0.29, 0.717) is 22.4 Å². The van der Waals surface area contributed by atoms with Gasteiger partial charge in [0.1, 0.15) is 5.82 Å². The number of hydrogen-bond acceptors (Lipinski definition) is 1. The first-order chi connectivity index (χ1) is 14.5. The van der Waals surface area contributed by atoms with Gasteiger partial charge >= 0.3 is 0 Å². The SMILES string of the molecule is Cc1cc(C(NC(=O)c2cc(CBr)cc(-c3ccccc3C)c2)C2CC2)ccc1F. The summed E-state index contributed by atoms with van der Waals surface area (Å²) in [6, 6.07) is 19.3. The van der Waals surface area contributed by atoms with E-state index in [4.69, 9.17) is 0 Å².